The Kier molecular flexibility index (Phi) is 4.63. The lowest BCUT2D eigenvalue weighted by Crippen LogP contribution is -3.19. The summed E-state index contributed by atoms with van der Waals surface area (Å²) in [6.45, 7) is 9.71. The summed E-state index contributed by atoms with van der Waals surface area (Å²) in [4.78, 5) is 24.9. The van der Waals surface area contributed by atoms with E-state index in [1.54, 1.807) is 0 Å². The first-order valence-electron chi connectivity index (χ1n) is 7.38. The van der Waals surface area contributed by atoms with Gasteiger partial charge in [0.25, 0.3) is 11.8 Å². The van der Waals surface area contributed by atoms with Gasteiger partial charge >= 0.3 is 0 Å². The lowest BCUT2D eigenvalue weighted by molar-refractivity contribution is -0.907. The summed E-state index contributed by atoms with van der Waals surface area (Å²) >= 11 is 0. The largest absolute Gasteiger partial charge is 0.346 e. The van der Waals surface area contributed by atoms with Gasteiger partial charge in [-0.05, 0) is 38.8 Å². The third kappa shape index (κ3) is 3.61. The molecular weight excluding hydrogens is 266 g/mol. The molecule has 0 bridgehead atoms. The second kappa shape index (κ2) is 6.26. The molecule has 1 saturated heterocycles. The number of hydrogen-bond donors (Lipinski definition) is 3. The summed E-state index contributed by atoms with van der Waals surface area (Å²) in [5, 5.41) is 5.81. The molecule has 2 atom stereocenters. The van der Waals surface area contributed by atoms with Crippen molar-refractivity contribution in [3.05, 3.63) is 28.8 Å². The van der Waals surface area contributed by atoms with Crippen LogP contribution in [0.25, 0.3) is 0 Å². The van der Waals surface area contributed by atoms with Gasteiger partial charge in [-0.15, -0.1) is 0 Å². The van der Waals surface area contributed by atoms with Gasteiger partial charge in [0.1, 0.15) is 0 Å². The van der Waals surface area contributed by atoms with Crippen molar-refractivity contribution in [3.8, 4) is 0 Å². The van der Waals surface area contributed by atoms with Gasteiger partial charge in [-0.25, -0.2) is 0 Å². The van der Waals surface area contributed by atoms with E-state index in [2.05, 4.69) is 22.8 Å². The average Bonchev–Trinajstić information content (AvgIpc) is 2.41. The zero-order valence-electron chi connectivity index (χ0n) is 13.2. The lowest BCUT2D eigenvalue weighted by Gasteiger charge is -2.28. The Morgan fingerprint density at radius 1 is 1.29 bits per heavy atom. The van der Waals surface area contributed by atoms with E-state index in [-0.39, 0.29) is 17.9 Å². The number of nitrogens with one attached hydrogen (secondary N) is 3. The molecule has 1 aromatic carbocycles. The van der Waals surface area contributed by atoms with Crippen molar-refractivity contribution in [2.45, 2.75) is 33.7 Å². The maximum Gasteiger partial charge on any atom is 0.282 e. The van der Waals surface area contributed by atoms with E-state index in [0.29, 0.717) is 13.1 Å². The first kappa shape index (κ1) is 15.5. The number of hydrogen-bond acceptors (Lipinski definition) is 2. The Bertz CT molecular complexity index is 546. The predicted molar refractivity (Wildman–Crippen MR) is 82.5 cm³/mol. The quantitative estimate of drug-likeness (QED) is 0.731. The molecule has 0 saturated carbocycles. The number of amides is 2. The monoisotopic (exact) mass is 290 g/mol. The predicted octanol–water partition coefficient (Wildman–Crippen LogP) is -0.0464. The second-order valence-electron chi connectivity index (χ2n) is 5.92. The number of quaternary nitrogens is 1. The maximum absolute atomic E-state index is 12.4. The van der Waals surface area contributed by atoms with Crippen molar-refractivity contribution < 1.29 is 14.5 Å². The number of anilines is 1. The molecule has 0 radical (unpaired) electrons. The van der Waals surface area contributed by atoms with Gasteiger partial charge in [0.15, 0.2) is 12.6 Å². The van der Waals surface area contributed by atoms with E-state index < -0.39 is 0 Å². The molecule has 1 aromatic rings. The molecule has 1 aliphatic rings. The van der Waals surface area contributed by atoms with E-state index in [9.17, 15) is 9.59 Å². The normalized spacial score (nSPS) is 19.8. The van der Waals surface area contributed by atoms with Crippen LogP contribution >= 0.6 is 0 Å². The van der Waals surface area contributed by atoms with Gasteiger partial charge in [-0.3, -0.25) is 9.59 Å². The van der Waals surface area contributed by atoms with Gasteiger partial charge in [-0.1, -0.05) is 17.7 Å². The summed E-state index contributed by atoms with van der Waals surface area (Å²) in [5.74, 6) is -0.0200. The van der Waals surface area contributed by atoms with Crippen LogP contribution in [0.1, 0.15) is 23.6 Å². The number of carbonyl (C=O) groups is 2. The summed E-state index contributed by atoms with van der Waals surface area (Å²) in [7, 11) is 0. The molecule has 5 nitrogen and oxygen atoms in total. The van der Waals surface area contributed by atoms with Crippen molar-refractivity contribution in [1.29, 1.82) is 0 Å². The van der Waals surface area contributed by atoms with Gasteiger partial charge in [-0.2, -0.15) is 0 Å². The summed E-state index contributed by atoms with van der Waals surface area (Å²) < 4.78 is 0. The van der Waals surface area contributed by atoms with Crippen molar-refractivity contribution in [2.75, 3.05) is 25.0 Å². The molecule has 1 fully saturated rings. The van der Waals surface area contributed by atoms with Gasteiger partial charge in [0.2, 0.25) is 0 Å². The highest BCUT2D eigenvalue weighted by Crippen LogP contribution is 2.21. The van der Waals surface area contributed by atoms with Gasteiger partial charge < -0.3 is 15.5 Å². The molecule has 5 heteroatoms. The van der Waals surface area contributed by atoms with E-state index in [0.717, 1.165) is 28.3 Å². The molecule has 0 aromatic heterocycles. The smallest absolute Gasteiger partial charge is 0.282 e. The molecule has 2 amide bonds. The van der Waals surface area contributed by atoms with Crippen LogP contribution in [-0.2, 0) is 9.59 Å². The average molecular weight is 290 g/mol. The van der Waals surface area contributed by atoms with Crippen LogP contribution in [0.4, 0.5) is 5.69 Å². The third-order valence-corrected chi connectivity index (χ3v) is 4.09. The van der Waals surface area contributed by atoms with Crippen LogP contribution in [0.15, 0.2) is 12.1 Å². The van der Waals surface area contributed by atoms with E-state index in [1.165, 1.54) is 5.56 Å². The lowest BCUT2D eigenvalue weighted by atomic mass is 10.0. The SMILES string of the molecule is Cc1cc(C)c(NC(=O)[C@H](C)[NH+]2CCNC(=O)C2)c(C)c1. The number of carbonyl (C=O) groups excluding carboxylic acids is 2. The van der Waals surface area contributed by atoms with Gasteiger partial charge in [0, 0.05) is 5.69 Å². The van der Waals surface area contributed by atoms with E-state index in [4.69, 9.17) is 0 Å². The van der Waals surface area contributed by atoms with Crippen molar-refractivity contribution in [3.63, 3.8) is 0 Å². The van der Waals surface area contributed by atoms with E-state index >= 15 is 0 Å². The Balaban J connectivity index is 2.09. The first-order chi connectivity index (χ1) is 9.88. The van der Waals surface area contributed by atoms with Gasteiger partial charge in [0.05, 0.1) is 13.1 Å². The minimum atomic E-state index is -0.240. The minimum absolute atomic E-state index is 0.0126. The van der Waals surface area contributed by atoms with Crippen LogP contribution in [0.2, 0.25) is 0 Å². The fraction of sp³-hybridized carbons (Fsp3) is 0.500. The molecular formula is C16H24N3O2+. The highest BCUT2D eigenvalue weighted by atomic mass is 16.2. The molecule has 114 valence electrons. The summed E-state index contributed by atoms with van der Waals surface area (Å²) in [6.07, 6.45) is 0. The van der Waals surface area contributed by atoms with Crippen LogP contribution in [0.5, 0.6) is 0 Å². The zero-order valence-corrected chi connectivity index (χ0v) is 13.2. The van der Waals surface area contributed by atoms with E-state index in [1.807, 2.05) is 27.7 Å². The Hall–Kier alpha value is -1.88. The van der Waals surface area contributed by atoms with Crippen LogP contribution in [0.3, 0.4) is 0 Å². The number of aryl methyl sites for hydroxylation is 3. The summed E-state index contributed by atoms with van der Waals surface area (Å²) in [5.41, 5.74) is 4.21. The molecule has 1 unspecified atom stereocenters. The molecule has 0 spiro atoms. The fourth-order valence-electron chi connectivity index (χ4n) is 2.88. The molecule has 2 rings (SSSR count). The van der Waals surface area contributed by atoms with Crippen molar-refractivity contribution >= 4 is 17.5 Å². The number of piperazine rings is 1. The number of rotatable bonds is 3. The van der Waals surface area contributed by atoms with Crippen LogP contribution in [-0.4, -0.2) is 37.5 Å². The Labute approximate surface area is 125 Å². The second-order valence-corrected chi connectivity index (χ2v) is 5.92. The molecule has 0 aliphatic carbocycles. The Morgan fingerprint density at radius 2 is 1.90 bits per heavy atom. The minimum Gasteiger partial charge on any atom is -0.346 e. The highest BCUT2D eigenvalue weighted by Gasteiger charge is 2.30. The highest BCUT2D eigenvalue weighted by molar-refractivity contribution is 5.95. The molecule has 1 heterocycles. The van der Waals surface area contributed by atoms with Crippen molar-refractivity contribution in [1.82, 2.24) is 5.32 Å². The third-order valence-electron chi connectivity index (χ3n) is 4.09. The molecule has 1 aliphatic heterocycles. The maximum atomic E-state index is 12.4. The van der Waals surface area contributed by atoms with Crippen LogP contribution in [0, 0.1) is 20.8 Å². The zero-order chi connectivity index (χ0) is 15.6. The fourth-order valence-corrected chi connectivity index (χ4v) is 2.88. The molecule has 3 N–H and O–H groups in total. The van der Waals surface area contributed by atoms with Crippen molar-refractivity contribution in [2.24, 2.45) is 0 Å². The first-order valence-corrected chi connectivity index (χ1v) is 7.38. The molecule has 21 heavy (non-hydrogen) atoms. The topological polar surface area (TPSA) is 62.6 Å². The standard InChI is InChI=1S/C16H23N3O2/c1-10-7-11(2)15(12(3)8-10)18-16(21)13(4)19-6-5-17-14(20)9-19/h7-8,13H,5-6,9H2,1-4H3,(H,17,20)(H,18,21)/p+1/t13-/m0/s1. The Morgan fingerprint density at radius 3 is 2.48 bits per heavy atom. The van der Waals surface area contributed by atoms with Crippen LogP contribution < -0.4 is 15.5 Å². The summed E-state index contributed by atoms with van der Waals surface area (Å²) in [6, 6.07) is 3.89. The number of benzene rings is 1.